The molecule has 2 rings (SSSR count). The molecule has 0 aromatic heterocycles. The summed E-state index contributed by atoms with van der Waals surface area (Å²) < 4.78 is 5.64. The van der Waals surface area contributed by atoms with Crippen LogP contribution in [0.5, 0.6) is 0 Å². The zero-order chi connectivity index (χ0) is 21.7. The highest BCUT2D eigenvalue weighted by Crippen LogP contribution is 2.41. The third kappa shape index (κ3) is 4.75. The van der Waals surface area contributed by atoms with E-state index in [1.807, 2.05) is 55.4 Å². The first-order valence-corrected chi connectivity index (χ1v) is 10.2. The highest BCUT2D eigenvalue weighted by atomic mass is 16.5. The Kier molecular flexibility index (Phi) is 6.10. The zero-order valence-electron chi connectivity index (χ0n) is 18.7. The molecule has 0 unspecified atom stereocenters. The standard InChI is InChI=1S/C21H38N2O5/c1-18(2)10-14(11-19(3,4)22(18)26)16(24)9-17(25)28-15-12-20(5,6)23(27)21(7,8)13-15/h14-15,26-27H,9-13H2,1-8H3. The van der Waals surface area contributed by atoms with E-state index < -0.39 is 28.1 Å². The van der Waals surface area contributed by atoms with Crippen LogP contribution in [0.15, 0.2) is 0 Å². The third-order valence-electron chi connectivity index (χ3n) is 6.31. The van der Waals surface area contributed by atoms with Gasteiger partial charge in [0.05, 0.1) is 0 Å². The van der Waals surface area contributed by atoms with E-state index in [-0.39, 0.29) is 24.2 Å². The summed E-state index contributed by atoms with van der Waals surface area (Å²) >= 11 is 0. The van der Waals surface area contributed by atoms with Crippen LogP contribution in [0.1, 0.15) is 87.5 Å². The fourth-order valence-corrected chi connectivity index (χ4v) is 5.27. The summed E-state index contributed by atoms with van der Waals surface area (Å²) in [6.07, 6.45) is 1.44. The van der Waals surface area contributed by atoms with Gasteiger partial charge in [-0.15, -0.1) is 0 Å². The van der Waals surface area contributed by atoms with Crippen LogP contribution in [-0.4, -0.2) is 60.6 Å². The number of hydrogen-bond acceptors (Lipinski definition) is 7. The van der Waals surface area contributed by atoms with Crippen LogP contribution in [0.3, 0.4) is 0 Å². The number of ether oxygens (including phenoxy) is 1. The first-order chi connectivity index (χ1) is 12.5. The van der Waals surface area contributed by atoms with E-state index in [1.165, 1.54) is 10.1 Å². The number of nitrogens with zero attached hydrogens (tertiary/aromatic N) is 2. The Balaban J connectivity index is 1.99. The molecule has 7 heteroatoms. The number of rotatable bonds is 4. The Labute approximate surface area is 168 Å². The fraction of sp³-hybridized carbons (Fsp3) is 0.905. The van der Waals surface area contributed by atoms with Crippen molar-refractivity contribution in [2.24, 2.45) is 5.92 Å². The van der Waals surface area contributed by atoms with Gasteiger partial charge in [0.25, 0.3) is 0 Å². The minimum atomic E-state index is -0.534. The molecule has 7 nitrogen and oxygen atoms in total. The van der Waals surface area contributed by atoms with Gasteiger partial charge in [-0.25, -0.2) is 0 Å². The molecule has 2 heterocycles. The van der Waals surface area contributed by atoms with Crippen molar-refractivity contribution in [3.8, 4) is 0 Å². The highest BCUT2D eigenvalue weighted by Gasteiger charge is 2.48. The van der Waals surface area contributed by atoms with Crippen molar-refractivity contribution in [1.82, 2.24) is 10.1 Å². The molecule has 0 amide bonds. The molecule has 2 fully saturated rings. The van der Waals surface area contributed by atoms with Crippen LogP contribution in [0, 0.1) is 5.92 Å². The van der Waals surface area contributed by atoms with Gasteiger partial charge in [0.2, 0.25) is 0 Å². The zero-order valence-corrected chi connectivity index (χ0v) is 18.7. The molecule has 0 saturated carbocycles. The summed E-state index contributed by atoms with van der Waals surface area (Å²) in [6, 6.07) is 0. The number of Topliss-reactive ketones (excluding diaryl/α,β-unsaturated/α-hetero) is 1. The van der Waals surface area contributed by atoms with Crippen LogP contribution in [0.25, 0.3) is 0 Å². The predicted octanol–water partition coefficient (Wildman–Crippen LogP) is 3.56. The average molecular weight is 399 g/mol. The molecule has 2 aliphatic rings. The Morgan fingerprint density at radius 1 is 0.786 bits per heavy atom. The van der Waals surface area contributed by atoms with Crippen molar-refractivity contribution < 1.29 is 24.7 Å². The molecular weight excluding hydrogens is 360 g/mol. The van der Waals surface area contributed by atoms with Crippen molar-refractivity contribution in [3.05, 3.63) is 0 Å². The number of carbonyl (C=O) groups excluding carboxylic acids is 2. The second-order valence-electron chi connectivity index (χ2n) is 11.1. The van der Waals surface area contributed by atoms with Gasteiger partial charge >= 0.3 is 5.97 Å². The maximum atomic E-state index is 12.8. The third-order valence-corrected chi connectivity index (χ3v) is 6.31. The van der Waals surface area contributed by atoms with Gasteiger partial charge in [-0.2, -0.15) is 10.1 Å². The highest BCUT2D eigenvalue weighted by molar-refractivity contribution is 5.97. The van der Waals surface area contributed by atoms with Crippen LogP contribution in [-0.2, 0) is 14.3 Å². The number of ketones is 1. The minimum Gasteiger partial charge on any atom is -0.462 e. The van der Waals surface area contributed by atoms with E-state index in [1.54, 1.807) is 0 Å². The van der Waals surface area contributed by atoms with Crippen LogP contribution in [0.2, 0.25) is 0 Å². The largest absolute Gasteiger partial charge is 0.462 e. The van der Waals surface area contributed by atoms with Crippen LogP contribution < -0.4 is 0 Å². The van der Waals surface area contributed by atoms with Gasteiger partial charge in [-0.3, -0.25) is 9.59 Å². The second-order valence-corrected chi connectivity index (χ2v) is 11.1. The number of carbonyl (C=O) groups is 2. The normalized spacial score (nSPS) is 28.1. The number of esters is 1. The summed E-state index contributed by atoms with van der Waals surface area (Å²) in [4.78, 5) is 25.3. The molecule has 28 heavy (non-hydrogen) atoms. The minimum absolute atomic E-state index is 0.127. The summed E-state index contributed by atoms with van der Waals surface area (Å²) in [7, 11) is 0. The average Bonchev–Trinajstić information content (AvgIpc) is 2.48. The molecule has 0 aromatic rings. The summed E-state index contributed by atoms with van der Waals surface area (Å²) in [5.41, 5.74) is -2.10. The van der Waals surface area contributed by atoms with Gasteiger partial charge in [0.15, 0.2) is 0 Å². The first-order valence-electron chi connectivity index (χ1n) is 10.2. The molecule has 0 atom stereocenters. The lowest BCUT2D eigenvalue weighted by Gasteiger charge is -2.51. The molecule has 2 N–H and O–H groups in total. The molecule has 2 saturated heterocycles. The molecule has 162 valence electrons. The van der Waals surface area contributed by atoms with E-state index in [0.29, 0.717) is 25.7 Å². The number of piperidine rings is 2. The summed E-state index contributed by atoms with van der Waals surface area (Å²) in [5, 5.41) is 23.4. The number of hydrogen-bond donors (Lipinski definition) is 2. The second kappa shape index (κ2) is 7.35. The lowest BCUT2D eigenvalue weighted by Crippen LogP contribution is -2.61. The van der Waals surface area contributed by atoms with Crippen LogP contribution >= 0.6 is 0 Å². The van der Waals surface area contributed by atoms with Gasteiger partial charge in [-0.05, 0) is 68.2 Å². The van der Waals surface area contributed by atoms with Crippen molar-refractivity contribution in [3.63, 3.8) is 0 Å². The SMILES string of the molecule is CC1(C)CC(OC(=O)CC(=O)C2CC(C)(C)N(O)C(C)(C)C2)CC(C)(C)N1O. The summed E-state index contributed by atoms with van der Waals surface area (Å²) in [5.74, 6) is -0.916. The van der Waals surface area contributed by atoms with E-state index >= 15 is 0 Å². The van der Waals surface area contributed by atoms with Gasteiger partial charge in [0, 0.05) is 40.9 Å². The number of hydroxylamine groups is 4. The Hall–Kier alpha value is -1.02. The lowest BCUT2D eigenvalue weighted by molar-refractivity contribution is -0.259. The van der Waals surface area contributed by atoms with Gasteiger partial charge < -0.3 is 15.2 Å². The molecule has 0 radical (unpaired) electrons. The molecule has 0 bridgehead atoms. The predicted molar refractivity (Wildman–Crippen MR) is 105 cm³/mol. The molecular formula is C21H38N2O5. The maximum absolute atomic E-state index is 12.8. The smallest absolute Gasteiger partial charge is 0.313 e. The monoisotopic (exact) mass is 398 g/mol. The Morgan fingerprint density at radius 2 is 1.14 bits per heavy atom. The maximum Gasteiger partial charge on any atom is 0.313 e. The van der Waals surface area contributed by atoms with Crippen molar-refractivity contribution in [1.29, 1.82) is 0 Å². The Bertz CT molecular complexity index is 590. The van der Waals surface area contributed by atoms with Crippen molar-refractivity contribution >= 4 is 11.8 Å². The van der Waals surface area contributed by atoms with E-state index in [9.17, 15) is 20.0 Å². The summed E-state index contributed by atoms with van der Waals surface area (Å²) in [6.45, 7) is 15.2. The van der Waals surface area contributed by atoms with E-state index in [2.05, 4.69) is 0 Å². The quantitative estimate of drug-likeness (QED) is 0.553. The Morgan fingerprint density at radius 3 is 1.54 bits per heavy atom. The first kappa shape index (κ1) is 23.3. The topological polar surface area (TPSA) is 90.3 Å². The van der Waals surface area contributed by atoms with Crippen molar-refractivity contribution in [2.75, 3.05) is 0 Å². The van der Waals surface area contributed by atoms with E-state index in [4.69, 9.17) is 4.74 Å². The molecule has 0 aliphatic carbocycles. The van der Waals surface area contributed by atoms with Gasteiger partial charge in [0.1, 0.15) is 18.3 Å². The fourth-order valence-electron chi connectivity index (χ4n) is 5.27. The molecule has 2 aliphatic heterocycles. The van der Waals surface area contributed by atoms with Crippen LogP contribution in [0.4, 0.5) is 0 Å². The van der Waals surface area contributed by atoms with Gasteiger partial charge in [-0.1, -0.05) is 0 Å². The van der Waals surface area contributed by atoms with Crippen molar-refractivity contribution in [2.45, 2.75) is 116 Å². The lowest BCUT2D eigenvalue weighted by atomic mass is 9.73. The van der Waals surface area contributed by atoms with E-state index in [0.717, 1.165) is 0 Å². The molecule has 0 spiro atoms. The molecule has 0 aromatic carbocycles.